The SMILES string of the molecule is CC1OCCC1(CBr)CCS(=O)(=O)C(C)(C)C. The maximum atomic E-state index is 12.1. The molecule has 17 heavy (non-hydrogen) atoms. The van der Waals surface area contributed by atoms with Crippen molar-refractivity contribution < 1.29 is 13.2 Å². The first-order chi connectivity index (χ1) is 7.65. The van der Waals surface area contributed by atoms with Crippen LogP contribution >= 0.6 is 15.9 Å². The summed E-state index contributed by atoms with van der Waals surface area (Å²) in [5.41, 5.74) is -0.0156. The molecule has 0 radical (unpaired) electrons. The molecule has 1 rings (SSSR count). The Kier molecular flexibility index (Phi) is 4.70. The van der Waals surface area contributed by atoms with Gasteiger partial charge in [-0.05, 0) is 40.5 Å². The second kappa shape index (κ2) is 5.17. The van der Waals surface area contributed by atoms with Crippen molar-refractivity contribution in [3.63, 3.8) is 0 Å². The Morgan fingerprint density at radius 1 is 1.41 bits per heavy atom. The lowest BCUT2D eigenvalue weighted by atomic mass is 9.81. The van der Waals surface area contributed by atoms with E-state index in [0.29, 0.717) is 6.42 Å². The van der Waals surface area contributed by atoms with Crippen LogP contribution in [0.5, 0.6) is 0 Å². The predicted molar refractivity (Wildman–Crippen MR) is 74.4 cm³/mol. The lowest BCUT2D eigenvalue weighted by Crippen LogP contribution is -2.37. The van der Waals surface area contributed by atoms with E-state index >= 15 is 0 Å². The summed E-state index contributed by atoms with van der Waals surface area (Å²) in [4.78, 5) is 0. The van der Waals surface area contributed by atoms with Gasteiger partial charge in [0.1, 0.15) is 0 Å². The summed E-state index contributed by atoms with van der Waals surface area (Å²) >= 11 is 3.52. The molecule has 0 amide bonds. The molecule has 1 heterocycles. The van der Waals surface area contributed by atoms with E-state index in [1.54, 1.807) is 20.8 Å². The number of hydrogen-bond donors (Lipinski definition) is 0. The fraction of sp³-hybridized carbons (Fsp3) is 1.00. The van der Waals surface area contributed by atoms with Gasteiger partial charge in [0.05, 0.1) is 16.6 Å². The third kappa shape index (κ3) is 3.24. The van der Waals surface area contributed by atoms with Crippen LogP contribution in [0.2, 0.25) is 0 Å². The lowest BCUT2D eigenvalue weighted by Gasteiger charge is -2.31. The summed E-state index contributed by atoms with van der Waals surface area (Å²) in [6.45, 7) is 8.06. The van der Waals surface area contributed by atoms with Gasteiger partial charge in [-0.25, -0.2) is 8.42 Å². The Bertz CT molecular complexity index is 358. The Morgan fingerprint density at radius 3 is 2.35 bits per heavy atom. The molecule has 5 heteroatoms. The minimum atomic E-state index is -3.03. The molecular weight excluding hydrogens is 304 g/mol. The highest BCUT2D eigenvalue weighted by Crippen LogP contribution is 2.40. The van der Waals surface area contributed by atoms with E-state index in [2.05, 4.69) is 15.9 Å². The van der Waals surface area contributed by atoms with Gasteiger partial charge in [-0.2, -0.15) is 0 Å². The minimum Gasteiger partial charge on any atom is -0.378 e. The van der Waals surface area contributed by atoms with E-state index in [-0.39, 0.29) is 17.3 Å². The van der Waals surface area contributed by atoms with Gasteiger partial charge < -0.3 is 4.74 Å². The zero-order valence-corrected chi connectivity index (χ0v) is 13.5. The van der Waals surface area contributed by atoms with Gasteiger partial charge in [-0.1, -0.05) is 15.9 Å². The summed E-state index contributed by atoms with van der Waals surface area (Å²) < 4.78 is 29.2. The molecule has 0 bridgehead atoms. The number of ether oxygens (including phenoxy) is 1. The maximum Gasteiger partial charge on any atom is 0.155 e. The summed E-state index contributed by atoms with van der Waals surface area (Å²) in [5, 5.41) is 0.806. The van der Waals surface area contributed by atoms with E-state index in [9.17, 15) is 8.42 Å². The fourth-order valence-electron chi connectivity index (χ4n) is 2.03. The van der Waals surface area contributed by atoms with Crippen LogP contribution in [0.1, 0.15) is 40.5 Å². The number of hydrogen-bond acceptors (Lipinski definition) is 3. The Labute approximate surface area is 113 Å². The van der Waals surface area contributed by atoms with Crippen molar-refractivity contribution in [1.29, 1.82) is 0 Å². The Morgan fingerprint density at radius 2 is 2.00 bits per heavy atom. The van der Waals surface area contributed by atoms with Crippen molar-refractivity contribution in [2.45, 2.75) is 51.4 Å². The molecule has 2 atom stereocenters. The molecule has 102 valence electrons. The summed E-state index contributed by atoms with van der Waals surface area (Å²) in [7, 11) is -3.03. The highest BCUT2D eigenvalue weighted by molar-refractivity contribution is 9.09. The molecule has 0 aliphatic carbocycles. The summed E-state index contributed by atoms with van der Waals surface area (Å²) in [6, 6.07) is 0. The number of sulfone groups is 1. The van der Waals surface area contributed by atoms with Crippen LogP contribution in [0.4, 0.5) is 0 Å². The van der Waals surface area contributed by atoms with Gasteiger partial charge in [-0.3, -0.25) is 0 Å². The van der Waals surface area contributed by atoms with Gasteiger partial charge in [0.25, 0.3) is 0 Å². The van der Waals surface area contributed by atoms with Crippen molar-refractivity contribution in [3.05, 3.63) is 0 Å². The smallest absolute Gasteiger partial charge is 0.155 e. The van der Waals surface area contributed by atoms with Crippen molar-refractivity contribution in [3.8, 4) is 0 Å². The number of halogens is 1. The van der Waals surface area contributed by atoms with Crippen LogP contribution in [0.3, 0.4) is 0 Å². The zero-order valence-electron chi connectivity index (χ0n) is 11.1. The van der Waals surface area contributed by atoms with Crippen LogP contribution in [-0.4, -0.2) is 37.0 Å². The van der Waals surface area contributed by atoms with Gasteiger partial charge in [-0.15, -0.1) is 0 Å². The Hall–Kier alpha value is 0.390. The maximum absolute atomic E-state index is 12.1. The molecule has 0 N–H and O–H groups in total. The highest BCUT2D eigenvalue weighted by Gasteiger charge is 2.42. The molecule has 1 fully saturated rings. The molecule has 0 spiro atoms. The summed E-state index contributed by atoms with van der Waals surface area (Å²) in [6.07, 6.45) is 1.76. The second-order valence-electron chi connectivity index (χ2n) is 5.94. The first-order valence-electron chi connectivity index (χ1n) is 6.04. The molecule has 1 aliphatic heterocycles. The van der Waals surface area contributed by atoms with Gasteiger partial charge in [0.2, 0.25) is 0 Å². The minimum absolute atomic E-state index is 0.0156. The average molecular weight is 327 g/mol. The third-order valence-corrected chi connectivity index (χ3v) is 7.62. The monoisotopic (exact) mass is 326 g/mol. The topological polar surface area (TPSA) is 43.4 Å². The molecular formula is C12H23BrO3S. The van der Waals surface area contributed by atoms with Gasteiger partial charge in [0.15, 0.2) is 9.84 Å². The molecule has 3 nitrogen and oxygen atoms in total. The van der Waals surface area contributed by atoms with Gasteiger partial charge in [0, 0.05) is 17.4 Å². The van der Waals surface area contributed by atoms with E-state index in [1.807, 2.05) is 6.92 Å². The number of rotatable bonds is 4. The van der Waals surface area contributed by atoms with Crippen LogP contribution in [0.25, 0.3) is 0 Å². The molecule has 0 aromatic carbocycles. The van der Waals surface area contributed by atoms with Gasteiger partial charge >= 0.3 is 0 Å². The molecule has 1 saturated heterocycles. The van der Waals surface area contributed by atoms with Crippen LogP contribution < -0.4 is 0 Å². The predicted octanol–water partition coefficient (Wildman–Crippen LogP) is 2.78. The van der Waals surface area contributed by atoms with E-state index in [1.165, 1.54) is 0 Å². The van der Waals surface area contributed by atoms with Crippen molar-refractivity contribution >= 4 is 25.8 Å². The summed E-state index contributed by atoms with van der Waals surface area (Å²) in [5.74, 6) is 0.246. The number of alkyl halides is 1. The Balaban J connectivity index is 2.73. The fourth-order valence-corrected chi connectivity index (χ4v) is 4.34. The lowest BCUT2D eigenvalue weighted by molar-refractivity contribution is 0.0732. The molecule has 0 aromatic rings. The average Bonchev–Trinajstić information content (AvgIpc) is 2.56. The first-order valence-corrected chi connectivity index (χ1v) is 8.82. The van der Waals surface area contributed by atoms with Crippen LogP contribution in [0.15, 0.2) is 0 Å². The first kappa shape index (κ1) is 15.4. The van der Waals surface area contributed by atoms with Crippen LogP contribution in [0, 0.1) is 5.41 Å². The van der Waals surface area contributed by atoms with Crippen molar-refractivity contribution in [1.82, 2.24) is 0 Å². The second-order valence-corrected chi connectivity index (χ2v) is 9.36. The molecule has 0 aromatic heterocycles. The largest absolute Gasteiger partial charge is 0.378 e. The molecule has 1 aliphatic rings. The van der Waals surface area contributed by atoms with E-state index in [0.717, 1.165) is 18.4 Å². The molecule has 2 unspecified atom stereocenters. The molecule has 0 saturated carbocycles. The third-order valence-electron chi connectivity index (χ3n) is 3.90. The van der Waals surface area contributed by atoms with Crippen molar-refractivity contribution in [2.75, 3.05) is 17.7 Å². The highest BCUT2D eigenvalue weighted by atomic mass is 79.9. The standard InChI is InChI=1S/C12H23BrO3S/c1-10-12(9-13,5-7-16-10)6-8-17(14,15)11(2,3)4/h10H,5-9H2,1-4H3. The zero-order chi connectivity index (χ0) is 13.3. The quantitative estimate of drug-likeness (QED) is 0.746. The van der Waals surface area contributed by atoms with E-state index < -0.39 is 14.6 Å². The normalized spacial score (nSPS) is 30.8. The van der Waals surface area contributed by atoms with E-state index in [4.69, 9.17) is 4.74 Å². The van der Waals surface area contributed by atoms with Crippen molar-refractivity contribution in [2.24, 2.45) is 5.41 Å². The van der Waals surface area contributed by atoms with Crippen LogP contribution in [-0.2, 0) is 14.6 Å².